The zero-order valence-corrected chi connectivity index (χ0v) is 15.3. The fourth-order valence-corrected chi connectivity index (χ4v) is 2.99. The van der Waals surface area contributed by atoms with Crippen molar-refractivity contribution < 1.29 is 13.9 Å². The Morgan fingerprint density at radius 1 is 1.33 bits per heavy atom. The molecule has 2 heterocycles. The van der Waals surface area contributed by atoms with Crippen LogP contribution in [0.25, 0.3) is 6.08 Å². The average Bonchev–Trinajstić information content (AvgIpc) is 3.10. The molecule has 2 aromatic rings. The first kappa shape index (κ1) is 19.0. The highest BCUT2D eigenvalue weighted by Crippen LogP contribution is 2.17. The number of hydrogen-bond donors (Lipinski definition) is 1. The minimum absolute atomic E-state index is 0.209. The van der Waals surface area contributed by atoms with E-state index < -0.39 is 5.97 Å². The number of halogens is 1. The van der Waals surface area contributed by atoms with Gasteiger partial charge < -0.3 is 10.1 Å². The maximum atomic E-state index is 13.0. The maximum Gasteiger partial charge on any atom is 0.330 e. The summed E-state index contributed by atoms with van der Waals surface area (Å²) < 4.78 is 17.8. The lowest BCUT2D eigenvalue weighted by molar-refractivity contribution is -0.137. The molecule has 1 aromatic heterocycles. The molecule has 6 nitrogen and oxygen atoms in total. The molecule has 1 aliphatic rings. The lowest BCUT2D eigenvalue weighted by Crippen LogP contribution is -2.26. The highest BCUT2D eigenvalue weighted by molar-refractivity contribution is 5.86. The molecule has 0 saturated carbocycles. The molecule has 0 spiro atoms. The van der Waals surface area contributed by atoms with Crippen LogP contribution in [0, 0.1) is 5.82 Å². The summed E-state index contributed by atoms with van der Waals surface area (Å²) in [4.78, 5) is 22.3. The van der Waals surface area contributed by atoms with Crippen molar-refractivity contribution in [3.63, 3.8) is 0 Å². The smallest absolute Gasteiger partial charge is 0.330 e. The summed E-state index contributed by atoms with van der Waals surface area (Å²) in [5.41, 5.74) is 1.70. The second-order valence-electron chi connectivity index (χ2n) is 6.40. The molecule has 7 heteroatoms. The molecule has 1 atom stereocenters. The summed E-state index contributed by atoms with van der Waals surface area (Å²) >= 11 is 0. The van der Waals surface area contributed by atoms with Crippen molar-refractivity contribution in [1.29, 1.82) is 0 Å². The monoisotopic (exact) mass is 370 g/mol. The van der Waals surface area contributed by atoms with Gasteiger partial charge in [0.1, 0.15) is 11.6 Å². The van der Waals surface area contributed by atoms with Crippen LogP contribution in [-0.2, 0) is 16.1 Å². The Hall–Kier alpha value is -2.80. The third-order valence-electron chi connectivity index (χ3n) is 4.29. The first-order chi connectivity index (χ1) is 13.1. The van der Waals surface area contributed by atoms with E-state index in [1.54, 1.807) is 25.4 Å². The Morgan fingerprint density at radius 3 is 2.85 bits per heavy atom. The van der Waals surface area contributed by atoms with Gasteiger partial charge in [-0.1, -0.05) is 12.1 Å². The molecule has 0 bridgehead atoms. The van der Waals surface area contributed by atoms with Gasteiger partial charge in [0, 0.05) is 31.8 Å². The van der Waals surface area contributed by atoms with Crippen molar-refractivity contribution in [3.05, 3.63) is 59.8 Å². The van der Waals surface area contributed by atoms with Crippen molar-refractivity contribution in [1.82, 2.24) is 14.9 Å². The number of carbonyl (C=O) groups is 1. The zero-order valence-electron chi connectivity index (χ0n) is 15.3. The molecule has 1 aliphatic heterocycles. The molecule has 0 amide bonds. The van der Waals surface area contributed by atoms with E-state index in [2.05, 4.69) is 20.2 Å². The Labute approximate surface area is 158 Å². The van der Waals surface area contributed by atoms with Gasteiger partial charge in [0.2, 0.25) is 0 Å². The predicted octanol–water partition coefficient (Wildman–Crippen LogP) is 2.88. The molecule has 1 aromatic carbocycles. The van der Waals surface area contributed by atoms with Gasteiger partial charge in [0.25, 0.3) is 0 Å². The zero-order chi connectivity index (χ0) is 19.1. The van der Waals surface area contributed by atoms with Crippen LogP contribution in [0.2, 0.25) is 0 Å². The first-order valence-corrected chi connectivity index (χ1v) is 9.02. The number of benzene rings is 1. The van der Waals surface area contributed by atoms with Gasteiger partial charge in [-0.2, -0.15) is 0 Å². The highest BCUT2D eigenvalue weighted by atomic mass is 19.1. The molecular weight excluding hydrogens is 347 g/mol. The second-order valence-corrected chi connectivity index (χ2v) is 6.40. The molecule has 142 valence electrons. The Kier molecular flexibility index (Phi) is 6.49. The minimum Gasteiger partial charge on any atom is -0.463 e. The molecule has 27 heavy (non-hydrogen) atoms. The van der Waals surface area contributed by atoms with Crippen LogP contribution in [-0.4, -0.2) is 46.6 Å². The number of likely N-dealkylation sites (tertiary alicyclic amines) is 1. The molecule has 3 rings (SSSR count). The van der Waals surface area contributed by atoms with Gasteiger partial charge in [-0.25, -0.2) is 14.2 Å². The van der Waals surface area contributed by atoms with Crippen molar-refractivity contribution >= 4 is 17.9 Å². The van der Waals surface area contributed by atoms with Crippen LogP contribution >= 0.6 is 0 Å². The van der Waals surface area contributed by atoms with Crippen LogP contribution in [0.15, 0.2) is 42.7 Å². The third-order valence-corrected chi connectivity index (χ3v) is 4.29. The summed E-state index contributed by atoms with van der Waals surface area (Å²) in [7, 11) is 0. The number of hydrogen-bond acceptors (Lipinski definition) is 6. The Morgan fingerprint density at radius 2 is 2.15 bits per heavy atom. The fraction of sp³-hybridized carbons (Fsp3) is 0.350. The SMILES string of the molecule is CCOC(=O)C=Cc1cnc(N[C@@H]2CCN(Cc3ccc(F)cc3)C2)cn1. The number of nitrogens with zero attached hydrogens (tertiary/aromatic N) is 3. The van der Waals surface area contributed by atoms with Gasteiger partial charge in [-0.05, 0) is 37.1 Å². The van der Waals surface area contributed by atoms with E-state index in [-0.39, 0.29) is 5.82 Å². The van der Waals surface area contributed by atoms with Crippen molar-refractivity contribution in [2.24, 2.45) is 0 Å². The lowest BCUT2D eigenvalue weighted by Gasteiger charge is -2.17. The van der Waals surface area contributed by atoms with Crippen molar-refractivity contribution in [3.8, 4) is 0 Å². The van der Waals surface area contributed by atoms with Gasteiger partial charge in [-0.3, -0.25) is 9.88 Å². The van der Waals surface area contributed by atoms with E-state index in [0.29, 0.717) is 24.2 Å². The quantitative estimate of drug-likeness (QED) is 0.597. The van der Waals surface area contributed by atoms with E-state index in [4.69, 9.17) is 4.74 Å². The summed E-state index contributed by atoms with van der Waals surface area (Å²) in [6, 6.07) is 6.93. The van der Waals surface area contributed by atoms with E-state index in [0.717, 1.165) is 31.6 Å². The molecule has 0 aliphatic carbocycles. The normalized spacial score (nSPS) is 17.3. The van der Waals surface area contributed by atoms with E-state index in [9.17, 15) is 9.18 Å². The summed E-state index contributed by atoms with van der Waals surface area (Å²) in [6.07, 6.45) is 7.20. The molecular formula is C20H23FN4O2. The summed E-state index contributed by atoms with van der Waals surface area (Å²) in [5, 5.41) is 3.39. The number of ether oxygens (including phenoxy) is 1. The first-order valence-electron chi connectivity index (χ1n) is 9.02. The maximum absolute atomic E-state index is 13.0. The Bertz CT molecular complexity index is 778. The summed E-state index contributed by atoms with van der Waals surface area (Å²) in [6.45, 7) is 4.78. The highest BCUT2D eigenvalue weighted by Gasteiger charge is 2.22. The van der Waals surface area contributed by atoms with Crippen LogP contribution in [0.3, 0.4) is 0 Å². The number of rotatable bonds is 7. The standard InChI is InChI=1S/C20H23FN4O2/c1-2-27-20(26)8-7-17-11-23-19(12-22-17)24-18-9-10-25(14-18)13-15-3-5-16(21)6-4-15/h3-8,11-12,18H,2,9-10,13-14H2,1H3,(H,23,24)/t18-/m1/s1. The second kappa shape index (κ2) is 9.23. The predicted molar refractivity (Wildman–Crippen MR) is 101 cm³/mol. The molecule has 1 saturated heterocycles. The van der Waals surface area contributed by atoms with Crippen LogP contribution < -0.4 is 5.32 Å². The van der Waals surface area contributed by atoms with Gasteiger partial charge >= 0.3 is 5.97 Å². The van der Waals surface area contributed by atoms with Gasteiger partial charge in [0.15, 0.2) is 0 Å². The number of esters is 1. The molecule has 1 N–H and O–H groups in total. The third kappa shape index (κ3) is 5.86. The minimum atomic E-state index is -0.395. The number of carbonyl (C=O) groups excluding carboxylic acids is 1. The molecule has 1 fully saturated rings. The van der Waals surface area contributed by atoms with Crippen LogP contribution in [0.1, 0.15) is 24.6 Å². The number of nitrogens with one attached hydrogen (secondary N) is 1. The number of anilines is 1. The van der Waals surface area contributed by atoms with E-state index in [1.807, 2.05) is 12.1 Å². The van der Waals surface area contributed by atoms with Gasteiger partial charge in [0.05, 0.1) is 24.7 Å². The summed E-state index contributed by atoms with van der Waals surface area (Å²) in [5.74, 6) is 0.101. The van der Waals surface area contributed by atoms with Gasteiger partial charge in [-0.15, -0.1) is 0 Å². The Balaban J connectivity index is 1.48. The number of aromatic nitrogens is 2. The largest absolute Gasteiger partial charge is 0.463 e. The lowest BCUT2D eigenvalue weighted by atomic mass is 10.2. The topological polar surface area (TPSA) is 67.3 Å². The van der Waals surface area contributed by atoms with Crippen LogP contribution in [0.5, 0.6) is 0 Å². The molecule has 0 unspecified atom stereocenters. The van der Waals surface area contributed by atoms with E-state index >= 15 is 0 Å². The fourth-order valence-electron chi connectivity index (χ4n) is 2.99. The van der Waals surface area contributed by atoms with Crippen molar-refractivity contribution in [2.75, 3.05) is 25.0 Å². The average molecular weight is 370 g/mol. The van der Waals surface area contributed by atoms with Crippen LogP contribution in [0.4, 0.5) is 10.2 Å². The molecule has 0 radical (unpaired) electrons. The van der Waals surface area contributed by atoms with Crippen molar-refractivity contribution in [2.45, 2.75) is 25.9 Å². The van der Waals surface area contributed by atoms with E-state index in [1.165, 1.54) is 18.2 Å².